The summed E-state index contributed by atoms with van der Waals surface area (Å²) in [6.45, 7) is 2.14. The number of aryl methyl sites for hydroxylation is 1. The molecule has 0 saturated heterocycles. The molecule has 0 N–H and O–H groups in total. The molecule has 0 amide bonds. The molecule has 3 nitrogen and oxygen atoms in total. The molecule has 0 fully saturated rings. The molecule has 0 aliphatic carbocycles. The number of hydrogen-bond donors (Lipinski definition) is 0. The zero-order chi connectivity index (χ0) is 12.7. The smallest absolute Gasteiger partial charge is 0.338 e. The van der Waals surface area contributed by atoms with Crippen molar-refractivity contribution in [1.29, 1.82) is 0 Å². The number of benzene rings is 1. The lowest BCUT2D eigenvalue weighted by Crippen LogP contribution is -2.09. The summed E-state index contributed by atoms with van der Waals surface area (Å²) in [5.74, 6) is -0.310. The minimum Gasteiger partial charge on any atom is -0.462 e. The third kappa shape index (κ3) is 3.66. The number of ether oxygens (including phenoxy) is 1. The lowest BCUT2D eigenvalue weighted by atomic mass is 9.99. The Morgan fingerprint density at radius 3 is 2.82 bits per heavy atom. The fourth-order valence-corrected chi connectivity index (χ4v) is 2.30. The SMILES string of the molecule is CCOC(=O)c1cccc(CCC=O)c1CBr. The van der Waals surface area contributed by atoms with Crippen LogP contribution in [-0.4, -0.2) is 18.9 Å². The van der Waals surface area contributed by atoms with E-state index in [1.165, 1.54) is 0 Å². The monoisotopic (exact) mass is 298 g/mol. The summed E-state index contributed by atoms with van der Waals surface area (Å²) in [7, 11) is 0. The van der Waals surface area contributed by atoms with E-state index in [0.717, 1.165) is 17.4 Å². The average molecular weight is 299 g/mol. The van der Waals surface area contributed by atoms with Gasteiger partial charge >= 0.3 is 5.97 Å². The van der Waals surface area contributed by atoms with Gasteiger partial charge in [0, 0.05) is 11.8 Å². The molecule has 0 saturated carbocycles. The van der Waals surface area contributed by atoms with Gasteiger partial charge in [0.15, 0.2) is 0 Å². The highest BCUT2D eigenvalue weighted by Gasteiger charge is 2.14. The van der Waals surface area contributed by atoms with Crippen molar-refractivity contribution in [2.75, 3.05) is 6.61 Å². The third-order valence-electron chi connectivity index (χ3n) is 2.43. The van der Waals surface area contributed by atoms with Crippen molar-refractivity contribution in [2.24, 2.45) is 0 Å². The Balaban J connectivity index is 3.04. The zero-order valence-corrected chi connectivity index (χ0v) is 11.3. The van der Waals surface area contributed by atoms with Gasteiger partial charge in [-0.15, -0.1) is 0 Å². The molecule has 0 heterocycles. The predicted octanol–water partition coefficient (Wildman–Crippen LogP) is 2.89. The standard InChI is InChI=1S/C13H15BrO3/c1-2-17-13(16)11-7-3-5-10(6-4-8-15)12(11)9-14/h3,5,7-8H,2,4,6,9H2,1H3. The Labute approximate surface area is 109 Å². The minimum absolute atomic E-state index is 0.310. The molecule has 1 aromatic rings. The fourth-order valence-electron chi connectivity index (χ4n) is 1.64. The van der Waals surface area contributed by atoms with Crippen molar-refractivity contribution in [3.8, 4) is 0 Å². The van der Waals surface area contributed by atoms with Crippen molar-refractivity contribution in [1.82, 2.24) is 0 Å². The van der Waals surface area contributed by atoms with E-state index in [-0.39, 0.29) is 5.97 Å². The number of carbonyl (C=O) groups is 2. The maximum atomic E-state index is 11.7. The van der Waals surface area contributed by atoms with Gasteiger partial charge in [0.25, 0.3) is 0 Å². The van der Waals surface area contributed by atoms with Gasteiger partial charge < -0.3 is 9.53 Å². The lowest BCUT2D eigenvalue weighted by Gasteiger charge is -2.11. The Bertz CT molecular complexity index is 402. The number of rotatable bonds is 6. The second-order valence-electron chi connectivity index (χ2n) is 3.50. The quantitative estimate of drug-likeness (QED) is 0.461. The van der Waals surface area contributed by atoms with Gasteiger partial charge in [-0.1, -0.05) is 28.1 Å². The molecule has 0 radical (unpaired) electrons. The van der Waals surface area contributed by atoms with Crippen LogP contribution in [0, 0.1) is 0 Å². The molecule has 0 aromatic heterocycles. The van der Waals surface area contributed by atoms with E-state index in [0.29, 0.717) is 30.3 Å². The van der Waals surface area contributed by atoms with E-state index in [1.807, 2.05) is 12.1 Å². The minimum atomic E-state index is -0.310. The summed E-state index contributed by atoms with van der Waals surface area (Å²) >= 11 is 3.37. The number of esters is 1. The van der Waals surface area contributed by atoms with Crippen molar-refractivity contribution in [3.05, 3.63) is 34.9 Å². The molecule has 0 aliphatic rings. The number of carbonyl (C=O) groups excluding carboxylic acids is 2. The van der Waals surface area contributed by atoms with Crippen molar-refractivity contribution >= 4 is 28.2 Å². The van der Waals surface area contributed by atoms with Crippen LogP contribution in [0.4, 0.5) is 0 Å². The highest BCUT2D eigenvalue weighted by Crippen LogP contribution is 2.20. The van der Waals surface area contributed by atoms with Gasteiger partial charge in [-0.25, -0.2) is 4.79 Å². The van der Waals surface area contributed by atoms with Crippen LogP contribution in [0.15, 0.2) is 18.2 Å². The normalized spacial score (nSPS) is 10.0. The number of hydrogen-bond acceptors (Lipinski definition) is 3. The van der Waals surface area contributed by atoms with Crippen molar-refractivity contribution in [3.63, 3.8) is 0 Å². The van der Waals surface area contributed by atoms with Crippen LogP contribution in [0.5, 0.6) is 0 Å². The molecule has 0 spiro atoms. The maximum absolute atomic E-state index is 11.7. The molecule has 0 atom stereocenters. The van der Waals surface area contributed by atoms with Gasteiger partial charge in [0.2, 0.25) is 0 Å². The largest absolute Gasteiger partial charge is 0.462 e. The first-order valence-electron chi connectivity index (χ1n) is 5.52. The van der Waals surface area contributed by atoms with Crippen LogP contribution in [0.1, 0.15) is 34.8 Å². The summed E-state index contributed by atoms with van der Waals surface area (Å²) in [6, 6.07) is 5.50. The maximum Gasteiger partial charge on any atom is 0.338 e. The first kappa shape index (κ1) is 13.9. The van der Waals surface area contributed by atoms with Crippen LogP contribution in [0.25, 0.3) is 0 Å². The Morgan fingerprint density at radius 2 is 2.24 bits per heavy atom. The first-order chi connectivity index (χ1) is 8.24. The number of aldehydes is 1. The topological polar surface area (TPSA) is 43.4 Å². The molecule has 4 heteroatoms. The van der Waals surface area contributed by atoms with Gasteiger partial charge in [0.1, 0.15) is 6.29 Å². The van der Waals surface area contributed by atoms with Gasteiger partial charge in [-0.2, -0.15) is 0 Å². The molecular weight excluding hydrogens is 284 g/mol. The summed E-state index contributed by atoms with van der Waals surface area (Å²) in [5.41, 5.74) is 2.50. The third-order valence-corrected chi connectivity index (χ3v) is 2.99. The van der Waals surface area contributed by atoms with Crippen LogP contribution in [-0.2, 0) is 21.3 Å². The second-order valence-corrected chi connectivity index (χ2v) is 4.06. The molecule has 0 unspecified atom stereocenters. The average Bonchev–Trinajstić information content (AvgIpc) is 2.36. The zero-order valence-electron chi connectivity index (χ0n) is 9.74. The van der Waals surface area contributed by atoms with Crippen LogP contribution in [0.3, 0.4) is 0 Å². The number of halogens is 1. The summed E-state index contributed by atoms with van der Waals surface area (Å²) in [4.78, 5) is 22.1. The highest BCUT2D eigenvalue weighted by molar-refractivity contribution is 9.08. The fraction of sp³-hybridized carbons (Fsp3) is 0.385. The van der Waals surface area contributed by atoms with Crippen molar-refractivity contribution < 1.29 is 14.3 Å². The summed E-state index contributed by atoms with van der Waals surface area (Å²) in [6.07, 6.45) is 2.00. The van der Waals surface area contributed by atoms with E-state index in [2.05, 4.69) is 15.9 Å². The highest BCUT2D eigenvalue weighted by atomic mass is 79.9. The lowest BCUT2D eigenvalue weighted by molar-refractivity contribution is -0.107. The number of alkyl halides is 1. The van der Waals surface area contributed by atoms with E-state index in [4.69, 9.17) is 4.74 Å². The van der Waals surface area contributed by atoms with E-state index >= 15 is 0 Å². The predicted molar refractivity (Wildman–Crippen MR) is 69.4 cm³/mol. The van der Waals surface area contributed by atoms with E-state index < -0.39 is 0 Å². The van der Waals surface area contributed by atoms with Crippen LogP contribution in [0.2, 0.25) is 0 Å². The van der Waals surface area contributed by atoms with Gasteiger partial charge in [-0.3, -0.25) is 0 Å². The van der Waals surface area contributed by atoms with Crippen molar-refractivity contribution in [2.45, 2.75) is 25.1 Å². The van der Waals surface area contributed by atoms with E-state index in [1.54, 1.807) is 13.0 Å². The Morgan fingerprint density at radius 1 is 1.47 bits per heavy atom. The van der Waals surface area contributed by atoms with Gasteiger partial charge in [0.05, 0.1) is 12.2 Å². The summed E-state index contributed by atoms with van der Waals surface area (Å²) < 4.78 is 5.00. The first-order valence-corrected chi connectivity index (χ1v) is 6.64. The molecular formula is C13H15BrO3. The Hall–Kier alpha value is -1.16. The molecule has 1 aromatic carbocycles. The molecule has 92 valence electrons. The van der Waals surface area contributed by atoms with Crippen LogP contribution < -0.4 is 0 Å². The molecule has 1 rings (SSSR count). The molecule has 0 bridgehead atoms. The van der Waals surface area contributed by atoms with Gasteiger partial charge in [-0.05, 0) is 30.5 Å². The second kappa shape index (κ2) is 7.22. The Kier molecular flexibility index (Phi) is 5.91. The summed E-state index contributed by atoms with van der Waals surface area (Å²) in [5, 5.41) is 0.580. The van der Waals surface area contributed by atoms with E-state index in [9.17, 15) is 9.59 Å². The molecule has 0 aliphatic heterocycles. The van der Waals surface area contributed by atoms with Crippen LogP contribution >= 0.6 is 15.9 Å². The molecule has 17 heavy (non-hydrogen) atoms.